The Hall–Kier alpha value is -3.02. The average molecular weight is 442 g/mol. The fourth-order valence-corrected chi connectivity index (χ4v) is 3.16. The first kappa shape index (κ1) is 21.7. The van der Waals surface area contributed by atoms with Gasteiger partial charge in [0.05, 0.1) is 22.3 Å². The minimum atomic E-state index is -0.267. The lowest BCUT2D eigenvalue weighted by Crippen LogP contribution is -2.22. The van der Waals surface area contributed by atoms with Gasteiger partial charge in [-0.05, 0) is 42.3 Å². The minimum absolute atomic E-state index is 0.0360. The molecule has 0 atom stereocenters. The second-order valence-electron chi connectivity index (χ2n) is 6.62. The van der Waals surface area contributed by atoms with Gasteiger partial charge in [0, 0.05) is 17.8 Å². The normalized spacial score (nSPS) is 10.3. The Morgan fingerprint density at radius 3 is 2.30 bits per heavy atom. The number of rotatable bonds is 8. The summed E-state index contributed by atoms with van der Waals surface area (Å²) in [5, 5.41) is 9.30. The van der Waals surface area contributed by atoms with Crippen LogP contribution in [0.3, 0.4) is 0 Å². The zero-order valence-electron chi connectivity index (χ0n) is 16.1. The zero-order valence-corrected chi connectivity index (χ0v) is 17.6. The van der Waals surface area contributed by atoms with Crippen LogP contribution in [0, 0.1) is 0 Å². The van der Waals surface area contributed by atoms with E-state index in [2.05, 4.69) is 16.0 Å². The largest absolute Gasteiger partial charge is 0.376 e. The van der Waals surface area contributed by atoms with E-state index < -0.39 is 0 Å². The number of amides is 2. The van der Waals surface area contributed by atoms with Crippen molar-refractivity contribution in [2.45, 2.75) is 12.8 Å². The molecule has 0 aliphatic carbocycles. The van der Waals surface area contributed by atoms with Crippen LogP contribution in [0.25, 0.3) is 0 Å². The zero-order chi connectivity index (χ0) is 21.3. The summed E-state index contributed by atoms with van der Waals surface area (Å²) in [7, 11) is 0. The van der Waals surface area contributed by atoms with Crippen LogP contribution in [0.2, 0.25) is 10.0 Å². The summed E-state index contributed by atoms with van der Waals surface area (Å²) >= 11 is 12.0. The fourth-order valence-electron chi connectivity index (χ4n) is 2.81. The van der Waals surface area contributed by atoms with Crippen molar-refractivity contribution in [2.75, 3.05) is 22.5 Å². The first-order valence-corrected chi connectivity index (χ1v) is 10.2. The summed E-state index contributed by atoms with van der Waals surface area (Å²) in [4.78, 5) is 24.4. The Bertz CT molecular complexity index is 1030. The molecule has 0 bridgehead atoms. The Morgan fingerprint density at radius 1 is 0.767 bits per heavy atom. The molecule has 154 valence electrons. The number of anilines is 3. The molecule has 2 amide bonds. The standard InChI is InChI=1S/C23H21Cl2N3O2/c24-19-10-5-11-20(23(19)25)28-22(30)15-26-17-8-4-9-18(14-17)27-21(29)13-12-16-6-2-1-3-7-16/h1-11,14,26H,12-13,15H2,(H,27,29)(H,28,30). The molecular weight excluding hydrogens is 421 g/mol. The first-order chi connectivity index (χ1) is 14.5. The van der Waals surface area contributed by atoms with Crippen LogP contribution in [0.4, 0.5) is 17.1 Å². The molecule has 0 heterocycles. The second kappa shape index (κ2) is 10.7. The fraction of sp³-hybridized carbons (Fsp3) is 0.130. The van der Waals surface area contributed by atoms with E-state index in [-0.39, 0.29) is 18.4 Å². The Morgan fingerprint density at radius 2 is 1.50 bits per heavy atom. The van der Waals surface area contributed by atoms with Crippen molar-refractivity contribution < 1.29 is 9.59 Å². The third-order valence-electron chi connectivity index (χ3n) is 4.31. The molecule has 0 radical (unpaired) electrons. The highest BCUT2D eigenvalue weighted by Gasteiger charge is 2.09. The van der Waals surface area contributed by atoms with E-state index in [1.165, 1.54) is 0 Å². The van der Waals surface area contributed by atoms with Crippen LogP contribution < -0.4 is 16.0 Å². The number of hydrogen-bond acceptors (Lipinski definition) is 3. The first-order valence-electron chi connectivity index (χ1n) is 9.43. The molecule has 0 aromatic heterocycles. The molecule has 0 saturated carbocycles. The van der Waals surface area contributed by atoms with Gasteiger partial charge >= 0.3 is 0 Å². The lowest BCUT2D eigenvalue weighted by molar-refractivity contribution is -0.116. The van der Waals surface area contributed by atoms with E-state index in [0.29, 0.717) is 39.9 Å². The molecule has 3 aromatic carbocycles. The lowest BCUT2D eigenvalue weighted by Gasteiger charge is -2.11. The summed E-state index contributed by atoms with van der Waals surface area (Å²) in [5.74, 6) is -0.333. The van der Waals surface area contributed by atoms with Gasteiger partial charge in [-0.15, -0.1) is 0 Å². The van der Waals surface area contributed by atoms with E-state index >= 15 is 0 Å². The molecule has 3 N–H and O–H groups in total. The van der Waals surface area contributed by atoms with Gasteiger partial charge in [-0.1, -0.05) is 65.7 Å². The maximum atomic E-state index is 12.2. The molecule has 0 fully saturated rings. The molecule has 0 spiro atoms. The predicted molar refractivity (Wildman–Crippen MR) is 123 cm³/mol. The van der Waals surface area contributed by atoms with Crippen LogP contribution in [-0.4, -0.2) is 18.4 Å². The van der Waals surface area contributed by atoms with Crippen LogP contribution in [0.1, 0.15) is 12.0 Å². The molecule has 0 unspecified atom stereocenters. The molecule has 0 saturated heterocycles. The molecule has 30 heavy (non-hydrogen) atoms. The van der Waals surface area contributed by atoms with E-state index in [9.17, 15) is 9.59 Å². The summed E-state index contributed by atoms with van der Waals surface area (Å²) in [6, 6.07) is 22.1. The van der Waals surface area contributed by atoms with Gasteiger partial charge in [0.15, 0.2) is 0 Å². The van der Waals surface area contributed by atoms with Crippen molar-refractivity contribution in [3.05, 3.63) is 88.4 Å². The van der Waals surface area contributed by atoms with E-state index in [1.807, 2.05) is 36.4 Å². The topological polar surface area (TPSA) is 70.2 Å². The molecule has 7 heteroatoms. The van der Waals surface area contributed by atoms with Crippen molar-refractivity contribution in [2.24, 2.45) is 0 Å². The predicted octanol–water partition coefficient (Wildman–Crippen LogP) is 5.62. The smallest absolute Gasteiger partial charge is 0.243 e. The maximum absolute atomic E-state index is 12.2. The van der Waals surface area contributed by atoms with Gasteiger partial charge in [0.25, 0.3) is 0 Å². The molecule has 3 rings (SSSR count). The molecule has 3 aromatic rings. The minimum Gasteiger partial charge on any atom is -0.376 e. The van der Waals surface area contributed by atoms with Crippen molar-refractivity contribution in [3.8, 4) is 0 Å². The SMILES string of the molecule is O=C(CCc1ccccc1)Nc1cccc(NCC(=O)Nc2cccc(Cl)c2Cl)c1. The number of aryl methyl sites for hydroxylation is 1. The molecule has 5 nitrogen and oxygen atoms in total. The number of benzene rings is 3. The van der Waals surface area contributed by atoms with Crippen LogP contribution in [0.5, 0.6) is 0 Å². The van der Waals surface area contributed by atoms with Crippen LogP contribution in [0.15, 0.2) is 72.8 Å². The number of hydrogen-bond donors (Lipinski definition) is 3. The highest BCUT2D eigenvalue weighted by Crippen LogP contribution is 2.29. The monoisotopic (exact) mass is 441 g/mol. The Balaban J connectivity index is 1.49. The van der Waals surface area contributed by atoms with E-state index in [4.69, 9.17) is 23.2 Å². The second-order valence-corrected chi connectivity index (χ2v) is 7.40. The lowest BCUT2D eigenvalue weighted by atomic mass is 10.1. The highest BCUT2D eigenvalue weighted by atomic mass is 35.5. The molecule has 0 aliphatic heterocycles. The summed E-state index contributed by atoms with van der Waals surface area (Å²) in [6.45, 7) is 0.0360. The average Bonchev–Trinajstić information content (AvgIpc) is 2.75. The Labute approximate surface area is 185 Å². The maximum Gasteiger partial charge on any atom is 0.243 e. The molecule has 0 aliphatic rings. The van der Waals surface area contributed by atoms with E-state index in [0.717, 1.165) is 5.56 Å². The van der Waals surface area contributed by atoms with Gasteiger partial charge in [0.1, 0.15) is 0 Å². The van der Waals surface area contributed by atoms with Crippen LogP contribution in [-0.2, 0) is 16.0 Å². The van der Waals surface area contributed by atoms with Crippen molar-refractivity contribution in [1.29, 1.82) is 0 Å². The third-order valence-corrected chi connectivity index (χ3v) is 5.13. The number of carbonyl (C=O) groups is 2. The van der Waals surface area contributed by atoms with Crippen molar-refractivity contribution >= 4 is 52.1 Å². The summed E-state index contributed by atoms with van der Waals surface area (Å²) in [6.07, 6.45) is 1.07. The third kappa shape index (κ3) is 6.51. The number of halogens is 2. The quantitative estimate of drug-likeness (QED) is 0.424. The van der Waals surface area contributed by atoms with Gasteiger partial charge in [-0.3, -0.25) is 9.59 Å². The summed E-state index contributed by atoms with van der Waals surface area (Å²) < 4.78 is 0. The van der Waals surface area contributed by atoms with Crippen molar-refractivity contribution in [1.82, 2.24) is 0 Å². The number of nitrogens with one attached hydrogen (secondary N) is 3. The van der Waals surface area contributed by atoms with Gasteiger partial charge < -0.3 is 16.0 Å². The van der Waals surface area contributed by atoms with Crippen LogP contribution >= 0.6 is 23.2 Å². The number of carbonyl (C=O) groups excluding carboxylic acids is 2. The van der Waals surface area contributed by atoms with Gasteiger partial charge in [-0.25, -0.2) is 0 Å². The van der Waals surface area contributed by atoms with E-state index in [1.54, 1.807) is 36.4 Å². The Kier molecular flexibility index (Phi) is 7.71. The van der Waals surface area contributed by atoms with Gasteiger partial charge in [-0.2, -0.15) is 0 Å². The van der Waals surface area contributed by atoms with Crippen molar-refractivity contribution in [3.63, 3.8) is 0 Å². The molecular formula is C23H21Cl2N3O2. The van der Waals surface area contributed by atoms with Gasteiger partial charge in [0.2, 0.25) is 11.8 Å². The summed E-state index contributed by atoms with van der Waals surface area (Å²) in [5.41, 5.74) is 2.95. The highest BCUT2D eigenvalue weighted by molar-refractivity contribution is 6.44.